The third kappa shape index (κ3) is 9.59. The number of carbonyl (C=O) groups excluding carboxylic acids is 1. The number of unbranched alkanes of at least 4 members (excludes halogenated alkanes) is 4. The SMILES string of the molecule is O=CCOCCCCCCCO. The Morgan fingerprint density at radius 3 is 2.42 bits per heavy atom. The minimum atomic E-state index is 0.219. The fourth-order valence-corrected chi connectivity index (χ4v) is 0.978. The lowest BCUT2D eigenvalue weighted by Gasteiger charge is -1.99. The summed E-state index contributed by atoms with van der Waals surface area (Å²) in [6.07, 6.45) is 6.04. The highest BCUT2D eigenvalue weighted by atomic mass is 16.5. The molecule has 0 spiro atoms. The van der Waals surface area contributed by atoms with Crippen LogP contribution in [0.25, 0.3) is 0 Å². The molecule has 0 rings (SSSR count). The summed E-state index contributed by atoms with van der Waals surface area (Å²) in [5.74, 6) is 0. The van der Waals surface area contributed by atoms with Crippen LogP contribution < -0.4 is 0 Å². The average molecular weight is 174 g/mol. The van der Waals surface area contributed by atoms with Gasteiger partial charge in [0, 0.05) is 13.2 Å². The van der Waals surface area contributed by atoms with E-state index >= 15 is 0 Å². The molecule has 0 radical (unpaired) electrons. The van der Waals surface area contributed by atoms with Gasteiger partial charge in [0.2, 0.25) is 0 Å². The smallest absolute Gasteiger partial charge is 0.145 e. The van der Waals surface area contributed by atoms with Crippen molar-refractivity contribution in [2.24, 2.45) is 0 Å². The van der Waals surface area contributed by atoms with Gasteiger partial charge in [-0.25, -0.2) is 0 Å². The second kappa shape index (κ2) is 10.6. The van der Waals surface area contributed by atoms with E-state index in [-0.39, 0.29) is 6.61 Å². The number of rotatable bonds is 9. The highest BCUT2D eigenvalue weighted by molar-refractivity contribution is 5.50. The molecule has 0 aliphatic carbocycles. The fourth-order valence-electron chi connectivity index (χ4n) is 0.978. The summed E-state index contributed by atoms with van der Waals surface area (Å²) in [6, 6.07) is 0. The molecule has 0 aliphatic heterocycles. The van der Waals surface area contributed by atoms with E-state index in [0.29, 0.717) is 13.2 Å². The summed E-state index contributed by atoms with van der Waals surface area (Å²) in [4.78, 5) is 9.83. The van der Waals surface area contributed by atoms with Gasteiger partial charge < -0.3 is 14.6 Å². The molecule has 12 heavy (non-hydrogen) atoms. The van der Waals surface area contributed by atoms with Crippen molar-refractivity contribution in [1.29, 1.82) is 0 Å². The summed E-state index contributed by atoms with van der Waals surface area (Å²) in [7, 11) is 0. The first-order valence-electron chi connectivity index (χ1n) is 4.54. The van der Waals surface area contributed by atoms with Gasteiger partial charge in [0.05, 0.1) is 0 Å². The molecule has 0 amide bonds. The molecule has 72 valence electrons. The largest absolute Gasteiger partial charge is 0.396 e. The van der Waals surface area contributed by atoms with E-state index in [1.165, 1.54) is 0 Å². The lowest BCUT2D eigenvalue weighted by molar-refractivity contribution is -0.111. The second-order valence-electron chi connectivity index (χ2n) is 2.73. The molecular weight excluding hydrogens is 156 g/mol. The van der Waals surface area contributed by atoms with Crippen molar-refractivity contribution in [3.63, 3.8) is 0 Å². The molecule has 1 N–H and O–H groups in total. The molecule has 0 aromatic heterocycles. The van der Waals surface area contributed by atoms with Crippen molar-refractivity contribution < 1.29 is 14.6 Å². The van der Waals surface area contributed by atoms with Crippen LogP contribution in [0.1, 0.15) is 32.1 Å². The Kier molecular flexibility index (Phi) is 10.2. The van der Waals surface area contributed by atoms with Crippen LogP contribution in [-0.2, 0) is 9.53 Å². The summed E-state index contributed by atoms with van der Waals surface area (Å²) in [5, 5.41) is 8.48. The van der Waals surface area contributed by atoms with Gasteiger partial charge >= 0.3 is 0 Å². The topological polar surface area (TPSA) is 46.5 Å². The maximum Gasteiger partial charge on any atom is 0.145 e. The number of aliphatic hydroxyl groups is 1. The number of hydrogen-bond acceptors (Lipinski definition) is 3. The zero-order valence-electron chi connectivity index (χ0n) is 7.50. The Morgan fingerprint density at radius 2 is 1.75 bits per heavy atom. The zero-order chi connectivity index (χ0) is 9.07. The van der Waals surface area contributed by atoms with Crippen molar-refractivity contribution >= 4 is 6.29 Å². The maximum absolute atomic E-state index is 9.83. The second-order valence-corrected chi connectivity index (χ2v) is 2.73. The van der Waals surface area contributed by atoms with Crippen molar-refractivity contribution in [2.45, 2.75) is 32.1 Å². The van der Waals surface area contributed by atoms with E-state index in [9.17, 15) is 4.79 Å². The molecule has 3 nitrogen and oxygen atoms in total. The van der Waals surface area contributed by atoms with Crippen LogP contribution in [0.2, 0.25) is 0 Å². The van der Waals surface area contributed by atoms with Gasteiger partial charge in [0.25, 0.3) is 0 Å². The number of aldehydes is 1. The minimum Gasteiger partial charge on any atom is -0.396 e. The molecule has 0 fully saturated rings. The third-order valence-corrected chi connectivity index (χ3v) is 1.63. The first-order valence-corrected chi connectivity index (χ1v) is 4.54. The van der Waals surface area contributed by atoms with Gasteiger partial charge in [0.15, 0.2) is 0 Å². The molecule has 3 heteroatoms. The molecule has 0 unspecified atom stereocenters. The van der Waals surface area contributed by atoms with E-state index in [1.54, 1.807) is 0 Å². The van der Waals surface area contributed by atoms with E-state index in [4.69, 9.17) is 9.84 Å². The van der Waals surface area contributed by atoms with Crippen molar-refractivity contribution in [2.75, 3.05) is 19.8 Å². The van der Waals surface area contributed by atoms with Gasteiger partial charge in [-0.2, -0.15) is 0 Å². The fraction of sp³-hybridized carbons (Fsp3) is 0.889. The predicted octanol–water partition coefficient (Wildman–Crippen LogP) is 1.14. The van der Waals surface area contributed by atoms with Crippen LogP contribution in [0.15, 0.2) is 0 Å². The molecule has 0 bridgehead atoms. The highest BCUT2D eigenvalue weighted by Crippen LogP contribution is 2.02. The monoisotopic (exact) mass is 174 g/mol. The minimum absolute atomic E-state index is 0.219. The molecule has 0 aromatic carbocycles. The van der Waals surface area contributed by atoms with Gasteiger partial charge in [0.1, 0.15) is 12.9 Å². The van der Waals surface area contributed by atoms with Crippen LogP contribution in [0.4, 0.5) is 0 Å². The Hall–Kier alpha value is -0.410. The molecule has 0 aromatic rings. The number of aliphatic hydroxyl groups excluding tert-OH is 1. The Labute approximate surface area is 73.7 Å². The van der Waals surface area contributed by atoms with E-state index in [2.05, 4.69) is 0 Å². The quantitative estimate of drug-likeness (QED) is 0.421. The number of carbonyl (C=O) groups is 1. The normalized spacial score (nSPS) is 10.1. The average Bonchev–Trinajstić information content (AvgIpc) is 2.10. The van der Waals surface area contributed by atoms with Crippen LogP contribution in [-0.4, -0.2) is 31.2 Å². The van der Waals surface area contributed by atoms with Gasteiger partial charge in [-0.3, -0.25) is 0 Å². The molecule has 0 heterocycles. The summed E-state index contributed by atoms with van der Waals surface area (Å²) in [6.45, 7) is 1.19. The van der Waals surface area contributed by atoms with Crippen LogP contribution in [0, 0.1) is 0 Å². The van der Waals surface area contributed by atoms with Gasteiger partial charge in [-0.1, -0.05) is 19.3 Å². The summed E-state index contributed by atoms with van der Waals surface area (Å²) < 4.78 is 4.97. The van der Waals surface area contributed by atoms with E-state index in [1.807, 2.05) is 0 Å². The lowest BCUT2D eigenvalue weighted by atomic mass is 10.1. The first kappa shape index (κ1) is 11.6. The highest BCUT2D eigenvalue weighted by Gasteiger charge is 1.90. The first-order chi connectivity index (χ1) is 5.91. The number of hydrogen-bond donors (Lipinski definition) is 1. The lowest BCUT2D eigenvalue weighted by Crippen LogP contribution is -1.97. The van der Waals surface area contributed by atoms with E-state index < -0.39 is 0 Å². The number of ether oxygens (including phenoxy) is 1. The van der Waals surface area contributed by atoms with Crippen LogP contribution in [0.3, 0.4) is 0 Å². The van der Waals surface area contributed by atoms with E-state index in [0.717, 1.165) is 38.4 Å². The Balaban J connectivity index is 2.77. The van der Waals surface area contributed by atoms with Gasteiger partial charge in [-0.05, 0) is 12.8 Å². The van der Waals surface area contributed by atoms with Crippen LogP contribution in [0.5, 0.6) is 0 Å². The summed E-state index contributed by atoms with van der Waals surface area (Å²) >= 11 is 0. The molecule has 0 aliphatic rings. The molecular formula is C9H18O3. The predicted molar refractivity (Wildman–Crippen MR) is 47.1 cm³/mol. The third-order valence-electron chi connectivity index (χ3n) is 1.63. The van der Waals surface area contributed by atoms with Crippen molar-refractivity contribution in [1.82, 2.24) is 0 Å². The van der Waals surface area contributed by atoms with Gasteiger partial charge in [-0.15, -0.1) is 0 Å². The maximum atomic E-state index is 9.83. The Bertz CT molecular complexity index is 93.8. The standard InChI is InChI=1S/C9H18O3/c10-6-4-2-1-3-5-8-12-9-7-11/h7,10H,1-6,8-9H2. The van der Waals surface area contributed by atoms with Crippen molar-refractivity contribution in [3.8, 4) is 0 Å². The Morgan fingerprint density at radius 1 is 1.08 bits per heavy atom. The van der Waals surface area contributed by atoms with Crippen molar-refractivity contribution in [3.05, 3.63) is 0 Å². The molecule has 0 atom stereocenters. The zero-order valence-corrected chi connectivity index (χ0v) is 7.50. The molecule has 0 saturated heterocycles. The van der Waals surface area contributed by atoms with Crippen LogP contribution >= 0.6 is 0 Å². The molecule has 0 saturated carbocycles. The summed E-state index contributed by atoms with van der Waals surface area (Å²) in [5.41, 5.74) is 0.